The molecule has 2 amide bonds. The van der Waals surface area contributed by atoms with Crippen LogP contribution in [0.4, 0.5) is 0 Å². The molecule has 0 aliphatic carbocycles. The summed E-state index contributed by atoms with van der Waals surface area (Å²) in [5.74, 6) is -0.319. The van der Waals surface area contributed by atoms with Gasteiger partial charge in [-0.1, -0.05) is 6.08 Å². The van der Waals surface area contributed by atoms with Crippen molar-refractivity contribution in [1.82, 2.24) is 14.9 Å². The van der Waals surface area contributed by atoms with E-state index in [1.54, 1.807) is 16.2 Å². The molecule has 6 nitrogen and oxygen atoms in total. The second kappa shape index (κ2) is 4.13. The summed E-state index contributed by atoms with van der Waals surface area (Å²) in [6.07, 6.45) is 5.69. The van der Waals surface area contributed by atoms with E-state index >= 15 is 0 Å². The van der Waals surface area contributed by atoms with Crippen molar-refractivity contribution < 1.29 is 9.59 Å². The average Bonchev–Trinajstić information content (AvgIpc) is 2.50. The lowest BCUT2D eigenvalue weighted by Gasteiger charge is -2.44. The molecular formula is C12H16N4O2. The minimum absolute atomic E-state index is 0.102. The Hall–Kier alpha value is -1.82. The minimum Gasteiger partial charge on any atom is -0.366 e. The topological polar surface area (TPSA) is 69.9 Å². The zero-order valence-corrected chi connectivity index (χ0v) is 10.1. The van der Waals surface area contributed by atoms with E-state index in [0.29, 0.717) is 25.1 Å². The first-order valence-electron chi connectivity index (χ1n) is 6.16. The number of carbonyl (C=O) groups is 2. The molecule has 0 spiro atoms. The Labute approximate surface area is 105 Å². The van der Waals surface area contributed by atoms with Crippen molar-refractivity contribution in [2.45, 2.75) is 19.3 Å². The number of hydrogen-bond acceptors (Lipinski definition) is 4. The first kappa shape index (κ1) is 11.3. The number of primary amides is 1. The fourth-order valence-corrected chi connectivity index (χ4v) is 2.60. The molecule has 3 aliphatic rings. The Bertz CT molecular complexity index is 469. The molecule has 3 heterocycles. The van der Waals surface area contributed by atoms with Crippen molar-refractivity contribution in [1.29, 1.82) is 0 Å². The highest BCUT2D eigenvalue weighted by Crippen LogP contribution is 2.27. The Morgan fingerprint density at radius 3 is 3.00 bits per heavy atom. The third-order valence-electron chi connectivity index (χ3n) is 3.58. The number of hydrazine groups is 1. The third kappa shape index (κ3) is 1.78. The van der Waals surface area contributed by atoms with Gasteiger partial charge in [0.25, 0.3) is 0 Å². The molecule has 1 atom stereocenters. The summed E-state index contributed by atoms with van der Waals surface area (Å²) in [5.41, 5.74) is 6.91. The number of carbonyl (C=O) groups excluding carboxylic acids is 2. The van der Waals surface area contributed by atoms with E-state index < -0.39 is 5.91 Å². The quantitative estimate of drug-likeness (QED) is 0.695. The molecule has 0 aromatic carbocycles. The van der Waals surface area contributed by atoms with Gasteiger partial charge in [-0.2, -0.15) is 0 Å². The summed E-state index contributed by atoms with van der Waals surface area (Å²) in [4.78, 5) is 25.5. The van der Waals surface area contributed by atoms with Gasteiger partial charge in [-0.3, -0.25) is 19.5 Å². The van der Waals surface area contributed by atoms with E-state index in [9.17, 15) is 9.59 Å². The molecule has 2 fully saturated rings. The van der Waals surface area contributed by atoms with Crippen LogP contribution in [0.1, 0.15) is 19.3 Å². The molecule has 18 heavy (non-hydrogen) atoms. The summed E-state index contributed by atoms with van der Waals surface area (Å²) < 4.78 is 0. The number of amides is 2. The predicted octanol–water partition coefficient (Wildman–Crippen LogP) is -0.244. The van der Waals surface area contributed by atoms with Crippen LogP contribution in [0.2, 0.25) is 0 Å². The van der Waals surface area contributed by atoms with Crippen LogP contribution in [0, 0.1) is 0 Å². The maximum absolute atomic E-state index is 12.0. The molecule has 0 aromatic rings. The van der Waals surface area contributed by atoms with Gasteiger partial charge in [0.2, 0.25) is 11.8 Å². The van der Waals surface area contributed by atoms with E-state index in [1.165, 1.54) is 0 Å². The highest BCUT2D eigenvalue weighted by molar-refractivity contribution is 5.92. The highest BCUT2D eigenvalue weighted by atomic mass is 16.2. The zero-order chi connectivity index (χ0) is 12.7. The van der Waals surface area contributed by atoms with Crippen LogP contribution in [-0.4, -0.2) is 46.5 Å². The predicted molar refractivity (Wildman–Crippen MR) is 64.3 cm³/mol. The highest BCUT2D eigenvalue weighted by Gasteiger charge is 2.34. The van der Waals surface area contributed by atoms with Crippen LogP contribution in [-0.2, 0) is 9.59 Å². The molecule has 0 aromatic heterocycles. The van der Waals surface area contributed by atoms with E-state index in [4.69, 9.17) is 5.73 Å². The van der Waals surface area contributed by atoms with E-state index in [0.717, 1.165) is 25.2 Å². The van der Waals surface area contributed by atoms with E-state index in [-0.39, 0.29) is 5.91 Å². The number of nitrogens with two attached hydrogens (primary N) is 1. The lowest BCUT2D eigenvalue weighted by molar-refractivity contribution is -0.148. The maximum Gasteiger partial charge on any atom is 0.246 e. The van der Waals surface area contributed by atoms with Crippen molar-refractivity contribution >= 4 is 11.8 Å². The molecular weight excluding hydrogens is 232 g/mol. The zero-order valence-electron chi connectivity index (χ0n) is 10.1. The summed E-state index contributed by atoms with van der Waals surface area (Å²) in [7, 11) is 0. The van der Waals surface area contributed by atoms with Gasteiger partial charge in [-0.05, 0) is 12.8 Å². The normalized spacial score (nSPS) is 27.1. The molecule has 3 rings (SSSR count). The first-order valence-corrected chi connectivity index (χ1v) is 6.16. The van der Waals surface area contributed by atoms with Crippen LogP contribution in [0.25, 0.3) is 0 Å². The van der Waals surface area contributed by atoms with Crippen LogP contribution in [0.3, 0.4) is 0 Å². The largest absolute Gasteiger partial charge is 0.366 e. The van der Waals surface area contributed by atoms with Gasteiger partial charge in [-0.15, -0.1) is 0 Å². The molecule has 2 bridgehead atoms. The number of hydrogen-bond donors (Lipinski definition) is 1. The number of allylic oxidation sites excluding steroid dienone is 1. The number of fused-ring (bicyclic) bond motifs is 4. The average molecular weight is 248 g/mol. The SMILES string of the molecule is NC(=O)C1=CN2C(=CC1)CN1CCCC(=O)N2C1. The molecule has 96 valence electrons. The fraction of sp³-hybridized carbons (Fsp3) is 0.500. The molecule has 3 aliphatic heterocycles. The van der Waals surface area contributed by atoms with E-state index in [1.807, 2.05) is 6.08 Å². The summed E-state index contributed by atoms with van der Waals surface area (Å²) in [6, 6.07) is 0. The second-order valence-electron chi connectivity index (χ2n) is 4.85. The van der Waals surface area contributed by atoms with Gasteiger partial charge in [0.05, 0.1) is 12.4 Å². The number of nitrogens with zero attached hydrogens (tertiary/aromatic N) is 3. The Kier molecular flexibility index (Phi) is 2.59. The monoisotopic (exact) mass is 248 g/mol. The fourth-order valence-electron chi connectivity index (χ4n) is 2.60. The van der Waals surface area contributed by atoms with Crippen LogP contribution in [0.15, 0.2) is 23.5 Å². The van der Waals surface area contributed by atoms with Gasteiger partial charge >= 0.3 is 0 Å². The standard InChI is InChI=1S/C12H16N4O2/c13-12(18)9-3-4-10-7-14-5-1-2-11(17)16(8-14)15(10)6-9/h4,6H,1-3,5,7-8H2,(H2,13,18). The third-order valence-corrected chi connectivity index (χ3v) is 3.58. The van der Waals surface area contributed by atoms with Crippen LogP contribution >= 0.6 is 0 Å². The smallest absolute Gasteiger partial charge is 0.246 e. The maximum atomic E-state index is 12.0. The molecule has 6 heteroatoms. The summed E-state index contributed by atoms with van der Waals surface area (Å²) in [6.45, 7) is 2.37. The van der Waals surface area contributed by atoms with E-state index in [2.05, 4.69) is 4.90 Å². The van der Waals surface area contributed by atoms with Crippen molar-refractivity contribution in [3.8, 4) is 0 Å². The first-order chi connectivity index (χ1) is 8.65. The van der Waals surface area contributed by atoms with Crippen molar-refractivity contribution in [2.24, 2.45) is 5.73 Å². The Morgan fingerprint density at radius 1 is 1.39 bits per heavy atom. The van der Waals surface area contributed by atoms with Crippen molar-refractivity contribution in [3.63, 3.8) is 0 Å². The van der Waals surface area contributed by atoms with Gasteiger partial charge < -0.3 is 5.73 Å². The Balaban J connectivity index is 1.94. The summed E-state index contributed by atoms with van der Waals surface area (Å²) >= 11 is 0. The lowest BCUT2D eigenvalue weighted by Crippen LogP contribution is -2.54. The van der Waals surface area contributed by atoms with Crippen LogP contribution in [0.5, 0.6) is 0 Å². The van der Waals surface area contributed by atoms with Gasteiger partial charge in [-0.25, -0.2) is 5.01 Å². The molecule has 0 radical (unpaired) electrons. The molecule has 0 saturated carbocycles. The minimum atomic E-state index is -0.421. The Morgan fingerprint density at radius 2 is 2.22 bits per heavy atom. The van der Waals surface area contributed by atoms with Gasteiger partial charge in [0.1, 0.15) is 0 Å². The van der Waals surface area contributed by atoms with Crippen molar-refractivity contribution in [3.05, 3.63) is 23.5 Å². The second-order valence-corrected chi connectivity index (χ2v) is 4.85. The lowest BCUT2D eigenvalue weighted by atomic mass is 10.1. The molecule has 2 N–H and O–H groups in total. The summed E-state index contributed by atoms with van der Waals surface area (Å²) in [5, 5.41) is 3.50. The van der Waals surface area contributed by atoms with Crippen LogP contribution < -0.4 is 5.73 Å². The molecule has 1 unspecified atom stereocenters. The van der Waals surface area contributed by atoms with Gasteiger partial charge in [0, 0.05) is 31.3 Å². The van der Waals surface area contributed by atoms with Gasteiger partial charge in [0.15, 0.2) is 0 Å². The van der Waals surface area contributed by atoms with Crippen molar-refractivity contribution in [2.75, 3.05) is 19.8 Å². The molecule has 2 saturated heterocycles. The number of rotatable bonds is 1.